The topological polar surface area (TPSA) is 81.9 Å². The molecule has 4 aromatic rings. The number of benzene rings is 1. The number of Topliss-reactive ketones (excluding diaryl/α,β-unsaturated/α-hetero) is 1. The fourth-order valence-corrected chi connectivity index (χ4v) is 5.00. The van der Waals surface area contributed by atoms with Crippen molar-refractivity contribution in [1.29, 1.82) is 0 Å². The molecular weight excluding hydrogens is 460 g/mol. The van der Waals surface area contributed by atoms with Gasteiger partial charge in [-0.1, -0.05) is 0 Å². The van der Waals surface area contributed by atoms with Gasteiger partial charge in [0.2, 0.25) is 0 Å². The minimum atomic E-state index is -0.717. The molecule has 174 valence electrons. The van der Waals surface area contributed by atoms with Gasteiger partial charge >= 0.3 is 0 Å². The van der Waals surface area contributed by atoms with Crippen molar-refractivity contribution in [2.75, 3.05) is 18.5 Å². The molecule has 0 saturated carbocycles. The van der Waals surface area contributed by atoms with E-state index < -0.39 is 11.6 Å². The van der Waals surface area contributed by atoms with Crippen LogP contribution >= 0.6 is 11.3 Å². The van der Waals surface area contributed by atoms with E-state index in [4.69, 9.17) is 9.72 Å². The lowest BCUT2D eigenvalue weighted by molar-refractivity contribution is -0.117. The average Bonchev–Trinajstić information content (AvgIpc) is 3.41. The average molecular weight is 482 g/mol. The molecular formula is C24H21F2N5O2S. The van der Waals surface area contributed by atoms with Crippen LogP contribution < -0.4 is 10.1 Å². The van der Waals surface area contributed by atoms with Crippen LogP contribution in [-0.4, -0.2) is 38.7 Å². The first kappa shape index (κ1) is 22.1. The molecule has 1 N–H and O–H groups in total. The molecule has 0 amide bonds. The van der Waals surface area contributed by atoms with E-state index in [2.05, 4.69) is 15.4 Å². The van der Waals surface area contributed by atoms with E-state index in [0.29, 0.717) is 43.4 Å². The highest BCUT2D eigenvalue weighted by Gasteiger charge is 2.23. The first-order valence-corrected chi connectivity index (χ1v) is 11.7. The molecule has 0 spiro atoms. The second-order valence-electron chi connectivity index (χ2n) is 7.93. The number of carbonyl (C=O) groups excluding carboxylic acids is 1. The van der Waals surface area contributed by atoms with Crippen LogP contribution in [0, 0.1) is 11.6 Å². The number of thiophene rings is 1. The summed E-state index contributed by atoms with van der Waals surface area (Å²) in [5.41, 5.74) is 1.89. The minimum Gasteiger partial charge on any atom is -0.491 e. The number of carbonyl (C=O) groups is 1. The molecule has 1 aliphatic rings. The van der Waals surface area contributed by atoms with E-state index >= 15 is 0 Å². The molecule has 0 fully saturated rings. The van der Waals surface area contributed by atoms with Crippen LogP contribution in [0.1, 0.15) is 25.3 Å². The van der Waals surface area contributed by atoms with Crippen molar-refractivity contribution in [2.45, 2.75) is 26.2 Å². The van der Waals surface area contributed by atoms with Gasteiger partial charge in [0, 0.05) is 25.5 Å². The first-order valence-electron chi connectivity index (χ1n) is 10.9. The second-order valence-corrected chi connectivity index (χ2v) is 8.98. The molecule has 34 heavy (non-hydrogen) atoms. The Hall–Kier alpha value is -3.66. The Balaban J connectivity index is 1.49. The third-order valence-corrected chi connectivity index (χ3v) is 6.61. The van der Waals surface area contributed by atoms with Crippen molar-refractivity contribution < 1.29 is 18.3 Å². The summed E-state index contributed by atoms with van der Waals surface area (Å²) in [6.07, 6.45) is 3.29. The summed E-state index contributed by atoms with van der Waals surface area (Å²) in [6, 6.07) is 9.11. The Labute approximate surface area is 198 Å². The number of halogens is 2. The highest BCUT2D eigenvalue weighted by atomic mass is 32.1. The van der Waals surface area contributed by atoms with E-state index in [1.165, 1.54) is 34.5 Å². The lowest BCUT2D eigenvalue weighted by Crippen LogP contribution is -2.06. The predicted molar refractivity (Wildman–Crippen MR) is 125 cm³/mol. The van der Waals surface area contributed by atoms with Gasteiger partial charge < -0.3 is 14.8 Å². The standard InChI is InChI=1S/C24H21F2N5O2S/c1-14(32)3-2-9-27-21-7-6-19-22(30-21)23-15(8-10-33-19)11-20(34-23)24-28-13-29-31(24)18-5-4-16(25)12-17(18)26/h4-7,11-13H,2-3,8-10H2,1H3,(H,27,30). The Morgan fingerprint density at radius 2 is 2.12 bits per heavy atom. The lowest BCUT2D eigenvalue weighted by atomic mass is 10.1. The number of aromatic nitrogens is 4. The van der Waals surface area contributed by atoms with Crippen LogP contribution in [0.5, 0.6) is 5.75 Å². The number of nitrogens with zero attached hydrogens (tertiary/aromatic N) is 4. The Bertz CT molecular complexity index is 1370. The summed E-state index contributed by atoms with van der Waals surface area (Å²) < 4.78 is 35.1. The van der Waals surface area contributed by atoms with Gasteiger partial charge in [-0.05, 0) is 49.2 Å². The van der Waals surface area contributed by atoms with Crippen LogP contribution in [0.3, 0.4) is 0 Å². The van der Waals surface area contributed by atoms with Gasteiger partial charge in [-0.15, -0.1) is 11.3 Å². The van der Waals surface area contributed by atoms with Gasteiger partial charge in [-0.3, -0.25) is 0 Å². The number of nitrogens with one attached hydrogen (secondary N) is 1. The second kappa shape index (κ2) is 9.30. The van der Waals surface area contributed by atoms with Crippen molar-refractivity contribution >= 4 is 22.9 Å². The highest BCUT2D eigenvalue weighted by Crippen LogP contribution is 2.43. The number of hydrogen-bond donors (Lipinski definition) is 1. The van der Waals surface area contributed by atoms with Crippen LogP contribution in [0.15, 0.2) is 42.7 Å². The number of ether oxygens (including phenoxy) is 1. The molecule has 0 unspecified atom stereocenters. The quantitative estimate of drug-likeness (QED) is 0.372. The van der Waals surface area contributed by atoms with Crippen LogP contribution in [0.4, 0.5) is 14.6 Å². The number of hydrogen-bond acceptors (Lipinski definition) is 7. The summed E-state index contributed by atoms with van der Waals surface area (Å²) in [5.74, 6) is 0.640. The fraction of sp³-hybridized carbons (Fsp3) is 0.250. The molecule has 3 aromatic heterocycles. The summed E-state index contributed by atoms with van der Waals surface area (Å²) >= 11 is 1.47. The fourth-order valence-electron chi connectivity index (χ4n) is 3.81. The molecule has 1 aliphatic heterocycles. The molecule has 5 rings (SSSR count). The maximum Gasteiger partial charge on any atom is 0.173 e. The summed E-state index contributed by atoms with van der Waals surface area (Å²) in [6.45, 7) is 2.72. The minimum absolute atomic E-state index is 0.122. The molecule has 10 heteroatoms. The van der Waals surface area contributed by atoms with Gasteiger partial charge in [-0.25, -0.2) is 23.4 Å². The van der Waals surface area contributed by atoms with E-state index in [-0.39, 0.29) is 11.5 Å². The van der Waals surface area contributed by atoms with Crippen molar-refractivity contribution in [3.63, 3.8) is 0 Å². The Morgan fingerprint density at radius 3 is 2.94 bits per heavy atom. The van der Waals surface area contributed by atoms with Crippen molar-refractivity contribution in [3.05, 3.63) is 59.9 Å². The zero-order valence-electron chi connectivity index (χ0n) is 18.3. The number of anilines is 1. The van der Waals surface area contributed by atoms with Crippen molar-refractivity contribution in [3.8, 4) is 32.7 Å². The molecule has 0 saturated heterocycles. The van der Waals surface area contributed by atoms with Gasteiger partial charge in [0.15, 0.2) is 11.6 Å². The van der Waals surface area contributed by atoms with Gasteiger partial charge in [0.25, 0.3) is 0 Å². The molecule has 0 atom stereocenters. The third kappa shape index (κ3) is 4.41. The SMILES string of the molecule is CC(=O)CCCNc1ccc2c(n1)-c1sc(-c3ncnn3-c3ccc(F)cc3F)cc1CCO2. The maximum atomic E-state index is 14.4. The van der Waals surface area contributed by atoms with Gasteiger partial charge in [0.1, 0.15) is 40.9 Å². The van der Waals surface area contributed by atoms with Crippen LogP contribution in [-0.2, 0) is 11.2 Å². The molecule has 7 nitrogen and oxygen atoms in total. The maximum absolute atomic E-state index is 14.4. The summed E-state index contributed by atoms with van der Waals surface area (Å²) in [7, 11) is 0. The number of ketones is 1. The molecule has 0 aliphatic carbocycles. The van der Waals surface area contributed by atoms with Gasteiger partial charge in [0.05, 0.1) is 16.4 Å². The third-order valence-electron chi connectivity index (χ3n) is 5.43. The van der Waals surface area contributed by atoms with Gasteiger partial charge in [-0.2, -0.15) is 5.10 Å². The normalized spacial score (nSPS) is 12.4. The van der Waals surface area contributed by atoms with Crippen LogP contribution in [0.25, 0.3) is 27.0 Å². The van der Waals surface area contributed by atoms with Crippen molar-refractivity contribution in [2.24, 2.45) is 0 Å². The lowest BCUT2D eigenvalue weighted by Gasteiger charge is -2.10. The van der Waals surface area contributed by atoms with E-state index in [1.807, 2.05) is 18.2 Å². The smallest absolute Gasteiger partial charge is 0.173 e. The van der Waals surface area contributed by atoms with E-state index in [9.17, 15) is 13.6 Å². The highest BCUT2D eigenvalue weighted by molar-refractivity contribution is 7.19. The van der Waals surface area contributed by atoms with Crippen molar-refractivity contribution in [1.82, 2.24) is 19.7 Å². The summed E-state index contributed by atoms with van der Waals surface area (Å²) in [4.78, 5) is 22.0. The zero-order chi connectivity index (χ0) is 23.7. The molecule has 1 aromatic carbocycles. The number of pyridine rings is 1. The Morgan fingerprint density at radius 1 is 1.24 bits per heavy atom. The number of fused-ring (bicyclic) bond motifs is 3. The Kier molecular flexibility index (Phi) is 6.06. The van der Waals surface area contributed by atoms with Crippen LogP contribution in [0.2, 0.25) is 0 Å². The van der Waals surface area contributed by atoms with E-state index in [0.717, 1.165) is 33.5 Å². The molecule has 0 bridgehead atoms. The first-order chi connectivity index (χ1) is 16.5. The monoisotopic (exact) mass is 481 g/mol. The largest absolute Gasteiger partial charge is 0.491 e. The predicted octanol–water partition coefficient (Wildman–Crippen LogP) is 5.05. The van der Waals surface area contributed by atoms with E-state index in [1.54, 1.807) is 6.92 Å². The molecule has 4 heterocycles. The summed E-state index contributed by atoms with van der Waals surface area (Å²) in [5, 5.41) is 7.43. The number of rotatable bonds is 7. The zero-order valence-corrected chi connectivity index (χ0v) is 19.2. The molecule has 0 radical (unpaired) electrons.